The van der Waals surface area contributed by atoms with Crippen molar-refractivity contribution in [3.8, 4) is 5.75 Å². The lowest BCUT2D eigenvalue weighted by Gasteiger charge is -2.07. The summed E-state index contributed by atoms with van der Waals surface area (Å²) in [6.07, 6.45) is 1.64. The number of hydrogen-bond acceptors (Lipinski definition) is 4. The van der Waals surface area contributed by atoms with Gasteiger partial charge in [-0.2, -0.15) is 9.78 Å². The second-order valence-electron chi connectivity index (χ2n) is 6.67. The van der Waals surface area contributed by atoms with Gasteiger partial charge in [0.25, 0.3) is 5.56 Å². The zero-order chi connectivity index (χ0) is 21.1. The molecule has 0 atom stereocenters. The number of fused-ring (bicyclic) bond motifs is 1. The van der Waals surface area contributed by atoms with Crippen LogP contribution >= 0.6 is 31.9 Å². The van der Waals surface area contributed by atoms with Crippen molar-refractivity contribution < 1.29 is 4.74 Å². The lowest BCUT2D eigenvalue weighted by Crippen LogP contribution is -2.20. The standard InChI is InChI=1S/C23H17Br2N3O2/c1-15-27-22-11-8-19(25)12-21(22)23(29)28(15)26-13-16-4-9-20(10-5-16)30-14-17-2-6-18(24)7-3-17/h2-13H,14H2,1H3. The first-order chi connectivity index (χ1) is 14.5. The summed E-state index contributed by atoms with van der Waals surface area (Å²) in [5.41, 5.74) is 2.39. The van der Waals surface area contributed by atoms with Crippen LogP contribution in [-0.2, 0) is 6.61 Å². The van der Waals surface area contributed by atoms with Crippen LogP contribution in [0.5, 0.6) is 5.75 Å². The molecule has 0 unspecified atom stereocenters. The predicted octanol–water partition coefficient (Wildman–Crippen LogP) is 5.69. The van der Waals surface area contributed by atoms with Gasteiger partial charge in [0, 0.05) is 8.95 Å². The summed E-state index contributed by atoms with van der Waals surface area (Å²) >= 11 is 6.82. The van der Waals surface area contributed by atoms with Crippen molar-refractivity contribution in [2.24, 2.45) is 5.10 Å². The van der Waals surface area contributed by atoms with E-state index in [2.05, 4.69) is 41.9 Å². The van der Waals surface area contributed by atoms with Gasteiger partial charge in [0.05, 0.1) is 17.1 Å². The second-order valence-corrected chi connectivity index (χ2v) is 8.50. The van der Waals surface area contributed by atoms with Crippen molar-refractivity contribution in [2.75, 3.05) is 0 Å². The third-order valence-corrected chi connectivity index (χ3v) is 5.51. The first-order valence-electron chi connectivity index (χ1n) is 9.20. The Kier molecular flexibility index (Phi) is 6.11. The Morgan fingerprint density at radius 1 is 1.00 bits per heavy atom. The number of nitrogens with zero attached hydrogens (tertiary/aromatic N) is 3. The summed E-state index contributed by atoms with van der Waals surface area (Å²) in [5, 5.41) is 4.86. The largest absolute Gasteiger partial charge is 0.489 e. The molecule has 7 heteroatoms. The number of ether oxygens (including phenoxy) is 1. The van der Waals surface area contributed by atoms with Crippen LogP contribution in [0.3, 0.4) is 0 Å². The second kappa shape index (κ2) is 8.93. The van der Waals surface area contributed by atoms with E-state index in [4.69, 9.17) is 4.74 Å². The van der Waals surface area contributed by atoms with Crippen molar-refractivity contribution in [2.45, 2.75) is 13.5 Å². The van der Waals surface area contributed by atoms with E-state index < -0.39 is 0 Å². The minimum Gasteiger partial charge on any atom is -0.489 e. The predicted molar refractivity (Wildman–Crippen MR) is 126 cm³/mol. The zero-order valence-corrected chi connectivity index (χ0v) is 19.2. The summed E-state index contributed by atoms with van der Waals surface area (Å²) in [6, 6.07) is 21.0. The molecule has 0 bridgehead atoms. The number of rotatable bonds is 5. The minimum atomic E-state index is -0.204. The normalized spacial score (nSPS) is 11.3. The Balaban J connectivity index is 1.50. The number of benzene rings is 3. The highest BCUT2D eigenvalue weighted by Crippen LogP contribution is 2.17. The van der Waals surface area contributed by atoms with Gasteiger partial charge < -0.3 is 4.74 Å². The number of aromatic nitrogens is 2. The molecular formula is C23H17Br2N3O2. The van der Waals surface area contributed by atoms with E-state index in [0.717, 1.165) is 25.8 Å². The Morgan fingerprint density at radius 2 is 1.70 bits per heavy atom. The van der Waals surface area contributed by atoms with Crippen LogP contribution < -0.4 is 10.3 Å². The molecule has 30 heavy (non-hydrogen) atoms. The Morgan fingerprint density at radius 3 is 2.43 bits per heavy atom. The van der Waals surface area contributed by atoms with Crippen molar-refractivity contribution in [1.82, 2.24) is 9.66 Å². The van der Waals surface area contributed by atoms with Crippen LogP contribution in [0, 0.1) is 6.92 Å². The highest BCUT2D eigenvalue weighted by molar-refractivity contribution is 9.10. The van der Waals surface area contributed by atoms with Crippen LogP contribution in [0.1, 0.15) is 17.0 Å². The van der Waals surface area contributed by atoms with Gasteiger partial charge in [-0.15, -0.1) is 0 Å². The molecule has 3 aromatic carbocycles. The average molecular weight is 527 g/mol. The summed E-state index contributed by atoms with van der Waals surface area (Å²) in [4.78, 5) is 17.3. The fraction of sp³-hybridized carbons (Fsp3) is 0.0870. The van der Waals surface area contributed by atoms with E-state index in [-0.39, 0.29) is 5.56 Å². The zero-order valence-electron chi connectivity index (χ0n) is 16.0. The van der Waals surface area contributed by atoms with Crippen LogP contribution in [0.2, 0.25) is 0 Å². The molecule has 1 aromatic heterocycles. The highest BCUT2D eigenvalue weighted by Gasteiger charge is 2.07. The molecule has 0 saturated heterocycles. The van der Waals surface area contributed by atoms with Crippen molar-refractivity contribution in [3.05, 3.63) is 103 Å². The van der Waals surface area contributed by atoms with Gasteiger partial charge >= 0.3 is 0 Å². The van der Waals surface area contributed by atoms with E-state index >= 15 is 0 Å². The van der Waals surface area contributed by atoms with E-state index in [9.17, 15) is 4.79 Å². The fourth-order valence-corrected chi connectivity index (χ4v) is 3.54. The average Bonchev–Trinajstić information content (AvgIpc) is 2.75. The number of hydrogen-bond donors (Lipinski definition) is 0. The number of aryl methyl sites for hydroxylation is 1. The van der Waals surface area contributed by atoms with Crippen LogP contribution in [0.25, 0.3) is 10.9 Å². The number of halogens is 2. The minimum absolute atomic E-state index is 0.204. The first-order valence-corrected chi connectivity index (χ1v) is 10.8. The molecule has 4 aromatic rings. The van der Waals surface area contributed by atoms with Gasteiger partial charge in [-0.05, 0) is 72.6 Å². The van der Waals surface area contributed by atoms with Crippen LogP contribution in [0.4, 0.5) is 0 Å². The molecule has 0 aliphatic carbocycles. The van der Waals surface area contributed by atoms with Gasteiger partial charge in [-0.3, -0.25) is 4.79 Å². The smallest absolute Gasteiger partial charge is 0.282 e. The quantitative estimate of drug-likeness (QED) is 0.314. The van der Waals surface area contributed by atoms with Gasteiger partial charge in [-0.25, -0.2) is 4.98 Å². The molecule has 0 amide bonds. The Labute approximate surface area is 190 Å². The summed E-state index contributed by atoms with van der Waals surface area (Å²) < 4.78 is 9.00. The van der Waals surface area contributed by atoms with Crippen LogP contribution in [-0.4, -0.2) is 15.9 Å². The molecule has 5 nitrogen and oxygen atoms in total. The molecule has 0 aliphatic heterocycles. The molecule has 0 saturated carbocycles. The molecule has 0 aliphatic rings. The molecule has 1 heterocycles. The van der Waals surface area contributed by atoms with Gasteiger partial charge in [0.1, 0.15) is 18.2 Å². The summed E-state index contributed by atoms with van der Waals surface area (Å²) in [5.74, 6) is 1.29. The third-order valence-electron chi connectivity index (χ3n) is 4.49. The summed E-state index contributed by atoms with van der Waals surface area (Å²) in [7, 11) is 0. The molecule has 0 spiro atoms. The fourth-order valence-electron chi connectivity index (χ4n) is 2.92. The molecular weight excluding hydrogens is 510 g/mol. The SMILES string of the molecule is Cc1nc2ccc(Br)cc2c(=O)n1N=Cc1ccc(OCc2ccc(Br)cc2)cc1. The Hall–Kier alpha value is -2.77. The highest BCUT2D eigenvalue weighted by atomic mass is 79.9. The van der Waals surface area contributed by atoms with Gasteiger partial charge in [0.2, 0.25) is 0 Å². The molecule has 0 radical (unpaired) electrons. The Bertz CT molecular complexity index is 1280. The van der Waals surface area contributed by atoms with E-state index in [1.54, 1.807) is 19.2 Å². The van der Waals surface area contributed by atoms with E-state index in [1.807, 2.05) is 60.7 Å². The van der Waals surface area contributed by atoms with Crippen molar-refractivity contribution >= 4 is 49.0 Å². The van der Waals surface area contributed by atoms with Crippen molar-refractivity contribution in [1.29, 1.82) is 0 Å². The van der Waals surface area contributed by atoms with E-state index in [1.165, 1.54) is 4.68 Å². The first kappa shape index (κ1) is 20.5. The molecule has 0 fully saturated rings. The maximum atomic E-state index is 12.8. The third kappa shape index (κ3) is 4.68. The lowest BCUT2D eigenvalue weighted by molar-refractivity contribution is 0.306. The maximum absolute atomic E-state index is 12.8. The van der Waals surface area contributed by atoms with E-state index in [0.29, 0.717) is 23.3 Å². The lowest BCUT2D eigenvalue weighted by atomic mass is 10.2. The van der Waals surface area contributed by atoms with Crippen LogP contribution in [0.15, 0.2) is 85.6 Å². The monoisotopic (exact) mass is 525 g/mol. The molecule has 0 N–H and O–H groups in total. The van der Waals surface area contributed by atoms with Gasteiger partial charge in [0.15, 0.2) is 0 Å². The topological polar surface area (TPSA) is 56.5 Å². The van der Waals surface area contributed by atoms with Crippen molar-refractivity contribution in [3.63, 3.8) is 0 Å². The summed E-state index contributed by atoms with van der Waals surface area (Å²) in [6.45, 7) is 2.26. The molecule has 4 rings (SSSR count). The molecule has 150 valence electrons. The maximum Gasteiger partial charge on any atom is 0.282 e. The van der Waals surface area contributed by atoms with Gasteiger partial charge in [-0.1, -0.05) is 44.0 Å².